The molecule has 1 radical (unpaired) electrons. The number of hydrogen-bond acceptors (Lipinski definition) is 5. The van der Waals surface area contributed by atoms with Crippen LogP contribution in [0.25, 0.3) is 16.8 Å². The SMILES string of the molecule is [Ac].[NH-]c1ccc(NCCN(Cc2nc3ccccc3[nH]2)C2CCCc3cccnc32)nc1. The number of nitrogens with zero attached hydrogens (tertiary/aromatic N) is 4. The molecule has 3 heterocycles. The number of aromatic nitrogens is 4. The Balaban J connectivity index is 0.00000245. The molecule has 8 heteroatoms. The first-order chi connectivity index (χ1) is 15.3. The molecule has 0 amide bonds. The van der Waals surface area contributed by atoms with Crippen LogP contribution in [0.5, 0.6) is 0 Å². The standard InChI is InChI=1S/C24H26N7.Ac/c25-18-10-11-22(28-15-18)26-13-14-31(16-23-29-19-7-1-2-8-20(19)30-23)21-9-3-5-17-6-4-12-27-24(17)21;/h1-2,4,6-8,10-12,15,21,25H,3,5,9,13-14,16H2,(H,26,28)(H,29,30);/q-1;. The average Bonchev–Trinajstić information content (AvgIpc) is 3.22. The maximum atomic E-state index is 7.59. The largest absolute Gasteiger partial charge is 0.697 e. The molecule has 1 aromatic carbocycles. The zero-order valence-electron chi connectivity index (χ0n) is 18.0. The number of H-pyrrole nitrogens is 1. The smallest absolute Gasteiger partial charge is 0.125 e. The number of para-hydroxylation sites is 2. The van der Waals surface area contributed by atoms with Gasteiger partial charge in [0.05, 0.1) is 29.3 Å². The Hall–Kier alpha value is -2.01. The van der Waals surface area contributed by atoms with Crippen LogP contribution in [0, 0.1) is 44.1 Å². The molecule has 3 aromatic heterocycles. The summed E-state index contributed by atoms with van der Waals surface area (Å²) in [5, 5.41) is 3.39. The van der Waals surface area contributed by atoms with Gasteiger partial charge in [0.2, 0.25) is 0 Å². The van der Waals surface area contributed by atoms with E-state index in [0.717, 1.165) is 55.2 Å². The van der Waals surface area contributed by atoms with E-state index in [2.05, 4.69) is 32.3 Å². The van der Waals surface area contributed by atoms with Gasteiger partial charge in [0.15, 0.2) is 0 Å². The molecular formula is C24H26AcN7-. The molecule has 1 unspecified atom stereocenters. The van der Waals surface area contributed by atoms with Gasteiger partial charge in [-0.2, -0.15) is 0 Å². The number of anilines is 1. The molecule has 7 nitrogen and oxygen atoms in total. The normalized spacial score (nSPS) is 15.3. The van der Waals surface area contributed by atoms with Gasteiger partial charge in [0.1, 0.15) is 11.6 Å². The summed E-state index contributed by atoms with van der Waals surface area (Å²) in [6.45, 7) is 2.32. The number of pyridine rings is 2. The molecule has 1 atom stereocenters. The van der Waals surface area contributed by atoms with Crippen LogP contribution < -0.4 is 5.32 Å². The molecule has 1 aliphatic rings. The van der Waals surface area contributed by atoms with Crippen LogP contribution in [-0.2, 0) is 13.0 Å². The fourth-order valence-corrected chi connectivity index (χ4v) is 4.38. The van der Waals surface area contributed by atoms with E-state index in [4.69, 9.17) is 15.7 Å². The van der Waals surface area contributed by atoms with Gasteiger partial charge in [-0.25, -0.2) is 9.97 Å². The summed E-state index contributed by atoms with van der Waals surface area (Å²) in [5.41, 5.74) is 12.6. The van der Waals surface area contributed by atoms with E-state index in [1.54, 1.807) is 12.3 Å². The number of fused-ring (bicyclic) bond motifs is 2. The van der Waals surface area contributed by atoms with E-state index < -0.39 is 0 Å². The second-order valence-electron chi connectivity index (χ2n) is 7.99. The predicted octanol–water partition coefficient (Wildman–Crippen LogP) is 5.03. The van der Waals surface area contributed by atoms with Crippen LogP contribution in [-0.4, -0.2) is 37.9 Å². The molecule has 32 heavy (non-hydrogen) atoms. The Morgan fingerprint density at radius 3 is 2.84 bits per heavy atom. The third-order valence-corrected chi connectivity index (χ3v) is 5.87. The maximum Gasteiger partial charge on any atom is 0.125 e. The molecule has 1 aliphatic carbocycles. The van der Waals surface area contributed by atoms with Crippen molar-refractivity contribution >= 4 is 22.5 Å². The first-order valence-corrected chi connectivity index (χ1v) is 10.8. The average molecular weight is 640 g/mol. The summed E-state index contributed by atoms with van der Waals surface area (Å²) < 4.78 is 0. The van der Waals surface area contributed by atoms with E-state index in [1.165, 1.54) is 17.7 Å². The van der Waals surface area contributed by atoms with Gasteiger partial charge in [-0.05, 0) is 49.1 Å². The van der Waals surface area contributed by atoms with E-state index in [-0.39, 0.29) is 50.1 Å². The summed E-state index contributed by atoms with van der Waals surface area (Å²) in [4.78, 5) is 19.8. The zero-order chi connectivity index (χ0) is 21.0. The van der Waals surface area contributed by atoms with Crippen molar-refractivity contribution in [3.63, 3.8) is 0 Å². The molecule has 0 saturated heterocycles. The van der Waals surface area contributed by atoms with Crippen molar-refractivity contribution in [1.82, 2.24) is 24.8 Å². The zero-order valence-corrected chi connectivity index (χ0v) is 22.7. The third kappa shape index (κ3) is 5.31. The Morgan fingerprint density at radius 2 is 2.00 bits per heavy atom. The Morgan fingerprint density at radius 1 is 1.09 bits per heavy atom. The van der Waals surface area contributed by atoms with Crippen molar-refractivity contribution in [2.24, 2.45) is 0 Å². The van der Waals surface area contributed by atoms with Crippen molar-refractivity contribution in [2.75, 3.05) is 18.4 Å². The van der Waals surface area contributed by atoms with Gasteiger partial charge in [0.25, 0.3) is 0 Å². The van der Waals surface area contributed by atoms with Gasteiger partial charge >= 0.3 is 0 Å². The fourth-order valence-electron chi connectivity index (χ4n) is 4.38. The first kappa shape index (κ1) is 23.2. The summed E-state index contributed by atoms with van der Waals surface area (Å²) in [7, 11) is 0. The van der Waals surface area contributed by atoms with Crippen LogP contribution in [0.3, 0.4) is 0 Å². The van der Waals surface area contributed by atoms with Gasteiger partial charge < -0.3 is 16.0 Å². The second kappa shape index (κ2) is 10.7. The number of rotatable bonds is 7. The summed E-state index contributed by atoms with van der Waals surface area (Å²) in [6.07, 6.45) is 6.83. The molecule has 5 rings (SSSR count). The Bertz CT molecular complexity index is 1130. The molecule has 161 valence electrons. The fraction of sp³-hybridized carbons (Fsp3) is 0.292. The van der Waals surface area contributed by atoms with Crippen molar-refractivity contribution in [3.05, 3.63) is 83.7 Å². The van der Waals surface area contributed by atoms with Gasteiger partial charge in [-0.15, -0.1) is 5.69 Å². The van der Waals surface area contributed by atoms with Gasteiger partial charge in [-0.1, -0.05) is 24.3 Å². The van der Waals surface area contributed by atoms with Gasteiger partial charge in [0, 0.05) is 69.5 Å². The summed E-state index contributed by atoms with van der Waals surface area (Å²) in [5.74, 6) is 1.77. The van der Waals surface area contributed by atoms with Crippen LogP contribution in [0.2, 0.25) is 0 Å². The number of nitrogens with one attached hydrogen (secondary N) is 3. The van der Waals surface area contributed by atoms with Crippen molar-refractivity contribution < 1.29 is 44.1 Å². The number of hydrogen-bond donors (Lipinski definition) is 2. The van der Waals surface area contributed by atoms with Crippen molar-refractivity contribution in [2.45, 2.75) is 31.8 Å². The maximum absolute atomic E-state index is 7.59. The van der Waals surface area contributed by atoms with Crippen LogP contribution in [0.15, 0.2) is 60.9 Å². The number of aromatic amines is 1. The number of benzene rings is 1. The van der Waals surface area contributed by atoms with Gasteiger partial charge in [-0.3, -0.25) is 9.88 Å². The molecule has 0 spiro atoms. The molecule has 0 bridgehead atoms. The van der Waals surface area contributed by atoms with E-state index in [1.807, 2.05) is 36.5 Å². The monoisotopic (exact) mass is 639 g/mol. The van der Waals surface area contributed by atoms with Crippen molar-refractivity contribution in [1.29, 1.82) is 0 Å². The van der Waals surface area contributed by atoms with Crippen LogP contribution in [0.4, 0.5) is 11.5 Å². The molecule has 4 aromatic rings. The third-order valence-electron chi connectivity index (χ3n) is 5.87. The Kier molecular flexibility index (Phi) is 7.77. The van der Waals surface area contributed by atoms with Crippen LogP contribution in [0.1, 0.15) is 36.0 Å². The minimum absolute atomic E-state index is 0. The van der Waals surface area contributed by atoms with Crippen LogP contribution >= 0.6 is 0 Å². The van der Waals surface area contributed by atoms with Crippen molar-refractivity contribution in [3.8, 4) is 0 Å². The molecule has 0 fully saturated rings. The molecule has 3 N–H and O–H groups in total. The number of aryl methyl sites for hydroxylation is 1. The predicted molar refractivity (Wildman–Crippen MR) is 123 cm³/mol. The Labute approximate surface area is 223 Å². The minimum atomic E-state index is 0. The second-order valence-corrected chi connectivity index (χ2v) is 7.99. The summed E-state index contributed by atoms with van der Waals surface area (Å²) in [6, 6.07) is 16.3. The molecule has 0 aliphatic heterocycles. The van der Waals surface area contributed by atoms with E-state index in [9.17, 15) is 0 Å². The topological polar surface area (TPSA) is 93.5 Å². The summed E-state index contributed by atoms with van der Waals surface area (Å²) >= 11 is 0. The number of imidazole rings is 1. The first-order valence-electron chi connectivity index (χ1n) is 10.8. The molecule has 0 saturated carbocycles. The molecular weight excluding hydrogens is 613 g/mol. The quantitative estimate of drug-likeness (QED) is 0.296. The van der Waals surface area contributed by atoms with E-state index in [0.29, 0.717) is 5.69 Å². The minimum Gasteiger partial charge on any atom is -0.697 e. The van der Waals surface area contributed by atoms with E-state index >= 15 is 0 Å².